The molecular weight excluding hydrogens is 655 g/mol. The number of β-amino-alcohol motifs (C(OH)–C–C–N with tert-alkyl or cyclic N) is 1. The Balaban J connectivity index is 0.00000387. The Morgan fingerprint density at radius 2 is 1.71 bits per heavy atom. The number of para-hydroxylation sites is 1. The van der Waals surface area contributed by atoms with Crippen LogP contribution in [0, 0.1) is 3.57 Å². The van der Waals surface area contributed by atoms with Crippen molar-refractivity contribution in [2.24, 2.45) is 0 Å². The molecule has 41 heavy (non-hydrogen) atoms. The van der Waals surface area contributed by atoms with Crippen LogP contribution in [0.4, 0.5) is 0 Å². The first-order valence-electron chi connectivity index (χ1n) is 13.0. The van der Waals surface area contributed by atoms with Gasteiger partial charge in [0.05, 0.1) is 14.7 Å². The number of benzene rings is 4. The molecule has 4 aromatic carbocycles. The molecule has 5 rings (SSSR count). The summed E-state index contributed by atoms with van der Waals surface area (Å²) in [5.41, 5.74) is 3.15. The molecule has 0 spiro atoms. The maximum atomic E-state index is 11.2. The van der Waals surface area contributed by atoms with E-state index in [0.717, 1.165) is 43.1 Å². The van der Waals surface area contributed by atoms with Gasteiger partial charge in [-0.05, 0) is 97.0 Å². The van der Waals surface area contributed by atoms with E-state index in [9.17, 15) is 9.90 Å². The summed E-state index contributed by atoms with van der Waals surface area (Å²) in [5, 5.41) is 25.4. The molecule has 1 atom stereocenters. The van der Waals surface area contributed by atoms with Gasteiger partial charge < -0.3 is 30.0 Å². The van der Waals surface area contributed by atoms with Gasteiger partial charge in [0.15, 0.2) is 0 Å². The highest BCUT2D eigenvalue weighted by atomic mass is 127. The zero-order valence-electron chi connectivity index (χ0n) is 22.7. The van der Waals surface area contributed by atoms with Gasteiger partial charge in [-0.1, -0.05) is 36.4 Å². The van der Waals surface area contributed by atoms with Crippen molar-refractivity contribution in [3.63, 3.8) is 0 Å². The third kappa shape index (κ3) is 7.51. The number of aliphatic hydroxyl groups is 1. The summed E-state index contributed by atoms with van der Waals surface area (Å²) in [6.07, 6.45) is 0.0749. The van der Waals surface area contributed by atoms with E-state index in [1.807, 2.05) is 60.7 Å². The van der Waals surface area contributed by atoms with Crippen LogP contribution in [0.25, 0.3) is 21.8 Å². The number of carboxylic acid groups (broad SMARTS) is 1. The number of fused-ring (bicyclic) bond motifs is 3. The lowest BCUT2D eigenvalue weighted by molar-refractivity contribution is 0.0696. The molecule has 0 unspecified atom stereocenters. The van der Waals surface area contributed by atoms with Crippen LogP contribution in [-0.4, -0.2) is 46.0 Å². The monoisotopic (exact) mass is 686 g/mol. The molecule has 0 saturated heterocycles. The van der Waals surface area contributed by atoms with Crippen LogP contribution in [0.2, 0.25) is 0 Å². The fourth-order valence-electron chi connectivity index (χ4n) is 4.72. The third-order valence-electron chi connectivity index (χ3n) is 6.72. The Hall–Kier alpha value is -3.31. The number of aromatic amines is 1. The minimum Gasteiger partial charge on any atom is -0.490 e. The van der Waals surface area contributed by atoms with E-state index in [1.165, 1.54) is 6.07 Å². The van der Waals surface area contributed by atoms with Gasteiger partial charge in [0.2, 0.25) is 0 Å². The maximum Gasteiger partial charge on any atom is 0.335 e. The number of halogens is 2. The molecule has 1 aromatic heterocycles. The fourth-order valence-corrected chi connectivity index (χ4v) is 5.34. The first kappa shape index (κ1) is 30.6. The maximum absolute atomic E-state index is 11.2. The van der Waals surface area contributed by atoms with Crippen LogP contribution in [0.1, 0.15) is 29.8 Å². The van der Waals surface area contributed by atoms with E-state index in [0.29, 0.717) is 18.0 Å². The van der Waals surface area contributed by atoms with Crippen LogP contribution >= 0.6 is 35.0 Å². The second-order valence-electron chi connectivity index (χ2n) is 10.5. The quantitative estimate of drug-likeness (QED) is 0.110. The van der Waals surface area contributed by atoms with Gasteiger partial charge in [-0.2, -0.15) is 0 Å². The largest absolute Gasteiger partial charge is 0.490 e. The van der Waals surface area contributed by atoms with Crippen molar-refractivity contribution in [2.45, 2.75) is 31.9 Å². The second kappa shape index (κ2) is 13.1. The smallest absolute Gasteiger partial charge is 0.335 e. The number of hydrogen-bond donors (Lipinski definition) is 4. The highest BCUT2D eigenvalue weighted by Gasteiger charge is 2.20. The first-order valence-corrected chi connectivity index (χ1v) is 14.1. The summed E-state index contributed by atoms with van der Waals surface area (Å²) in [5.74, 6) is 1.07. The number of aromatic carboxylic acids is 1. The minimum absolute atomic E-state index is 0. The number of hydrogen-bond acceptors (Lipinski definition) is 5. The van der Waals surface area contributed by atoms with Crippen LogP contribution in [0.5, 0.6) is 17.2 Å². The molecule has 214 valence electrons. The highest BCUT2D eigenvalue weighted by Crippen LogP contribution is 2.33. The van der Waals surface area contributed by atoms with Crippen molar-refractivity contribution in [1.29, 1.82) is 0 Å². The predicted octanol–water partition coefficient (Wildman–Crippen LogP) is 7.19. The van der Waals surface area contributed by atoms with Gasteiger partial charge >= 0.3 is 5.97 Å². The van der Waals surface area contributed by atoms with Gasteiger partial charge in [-0.25, -0.2) is 4.79 Å². The molecule has 0 saturated carbocycles. The molecule has 0 aliphatic heterocycles. The summed E-state index contributed by atoms with van der Waals surface area (Å²) in [6.45, 7) is 4.77. The first-order chi connectivity index (χ1) is 19.2. The van der Waals surface area contributed by atoms with Crippen molar-refractivity contribution >= 4 is 62.8 Å². The Kier molecular flexibility index (Phi) is 9.80. The number of aliphatic hydroxyl groups excluding tert-OH is 1. The molecular formula is C32H32ClIN2O5. The normalized spacial score (nSPS) is 12.2. The van der Waals surface area contributed by atoms with Crippen molar-refractivity contribution in [3.05, 3.63) is 99.6 Å². The molecule has 7 nitrogen and oxygen atoms in total. The summed E-state index contributed by atoms with van der Waals surface area (Å²) in [4.78, 5) is 14.6. The number of ether oxygens (including phenoxy) is 2. The van der Waals surface area contributed by atoms with E-state index in [1.54, 1.807) is 12.1 Å². The van der Waals surface area contributed by atoms with E-state index in [2.05, 4.69) is 52.8 Å². The van der Waals surface area contributed by atoms with Crippen molar-refractivity contribution in [3.8, 4) is 17.2 Å². The third-order valence-corrected chi connectivity index (χ3v) is 7.56. The van der Waals surface area contributed by atoms with Gasteiger partial charge in [0.25, 0.3) is 0 Å². The molecule has 0 bridgehead atoms. The van der Waals surface area contributed by atoms with Gasteiger partial charge in [0, 0.05) is 28.4 Å². The lowest BCUT2D eigenvalue weighted by atomic mass is 9.94. The van der Waals surface area contributed by atoms with E-state index < -0.39 is 12.1 Å². The average molecular weight is 687 g/mol. The van der Waals surface area contributed by atoms with Crippen LogP contribution in [0.15, 0.2) is 84.9 Å². The minimum atomic E-state index is -0.965. The Labute approximate surface area is 258 Å². The summed E-state index contributed by atoms with van der Waals surface area (Å²) < 4.78 is 12.7. The standard InChI is InChI=1S/C32H31IN2O5.ClH/c1-32(2,17-20-10-13-23(14-11-20)40-28-15-12-21(31(37)38)16-25(28)33)34-18-22(36)19-39-29-9-5-8-27-30(29)24-6-3-4-7-26(24)35-27;/h3-16,22,34-36H,17-19H2,1-2H3,(H,37,38);1H/t22-;/m0./s1. The molecule has 0 aliphatic rings. The Morgan fingerprint density at radius 3 is 2.44 bits per heavy atom. The number of carbonyl (C=O) groups is 1. The number of nitrogens with one attached hydrogen (secondary N) is 2. The number of rotatable bonds is 11. The van der Waals surface area contributed by atoms with Crippen LogP contribution in [0.3, 0.4) is 0 Å². The highest BCUT2D eigenvalue weighted by molar-refractivity contribution is 14.1. The number of aromatic nitrogens is 1. The Morgan fingerprint density at radius 1 is 0.976 bits per heavy atom. The lowest BCUT2D eigenvalue weighted by Crippen LogP contribution is -2.46. The number of carboxylic acids is 1. The fraction of sp³-hybridized carbons (Fsp3) is 0.219. The topological polar surface area (TPSA) is 104 Å². The van der Waals surface area contributed by atoms with Gasteiger partial charge in [0.1, 0.15) is 30.0 Å². The molecule has 0 aliphatic carbocycles. The van der Waals surface area contributed by atoms with Crippen LogP contribution < -0.4 is 14.8 Å². The molecule has 0 fully saturated rings. The molecule has 0 amide bonds. The van der Waals surface area contributed by atoms with Crippen LogP contribution in [-0.2, 0) is 6.42 Å². The Bertz CT molecular complexity index is 1650. The number of H-pyrrole nitrogens is 1. The predicted molar refractivity (Wildman–Crippen MR) is 173 cm³/mol. The van der Waals surface area contributed by atoms with Gasteiger partial charge in [-0.3, -0.25) is 0 Å². The molecule has 9 heteroatoms. The summed E-state index contributed by atoms with van der Waals surface area (Å²) in [6, 6.07) is 26.7. The lowest BCUT2D eigenvalue weighted by Gasteiger charge is -2.28. The zero-order chi connectivity index (χ0) is 28.3. The summed E-state index contributed by atoms with van der Waals surface area (Å²) in [7, 11) is 0. The van der Waals surface area contributed by atoms with Gasteiger partial charge in [-0.15, -0.1) is 12.4 Å². The SMILES string of the molecule is CC(C)(Cc1ccc(Oc2ccc(C(=O)O)cc2I)cc1)NC[C@H](O)COc1cccc2[nH]c3ccccc3c12.Cl. The van der Waals surface area contributed by atoms with Crippen molar-refractivity contribution in [2.75, 3.05) is 13.2 Å². The van der Waals surface area contributed by atoms with E-state index in [-0.39, 0.29) is 30.1 Å². The van der Waals surface area contributed by atoms with Crippen molar-refractivity contribution < 1.29 is 24.5 Å². The average Bonchev–Trinajstić information content (AvgIpc) is 3.32. The molecule has 0 radical (unpaired) electrons. The second-order valence-corrected chi connectivity index (χ2v) is 11.6. The zero-order valence-corrected chi connectivity index (χ0v) is 25.7. The summed E-state index contributed by atoms with van der Waals surface area (Å²) >= 11 is 2.07. The van der Waals surface area contributed by atoms with Crippen molar-refractivity contribution in [1.82, 2.24) is 10.3 Å². The molecule has 5 aromatic rings. The van der Waals surface area contributed by atoms with E-state index in [4.69, 9.17) is 14.6 Å². The van der Waals surface area contributed by atoms with E-state index >= 15 is 0 Å². The molecule has 4 N–H and O–H groups in total. The molecule has 1 heterocycles.